The summed E-state index contributed by atoms with van der Waals surface area (Å²) in [6.07, 6.45) is 0. The Morgan fingerprint density at radius 1 is 1.10 bits per heavy atom. The lowest BCUT2D eigenvalue weighted by Crippen LogP contribution is -2.47. The van der Waals surface area contributed by atoms with Crippen LogP contribution in [-0.4, -0.2) is 22.5 Å². The summed E-state index contributed by atoms with van der Waals surface area (Å²) in [6, 6.07) is 14.0. The molecule has 1 N–H and O–H groups in total. The number of aromatic nitrogens is 2. The number of carbonyl (C=O) groups is 1. The second-order valence-electron chi connectivity index (χ2n) is 7.03. The number of anilines is 1. The maximum absolute atomic E-state index is 13.9. The molecule has 7 nitrogen and oxygen atoms in total. The molecule has 1 amide bonds. The average Bonchev–Trinajstić information content (AvgIpc) is 3.17. The number of nitrogens with one attached hydrogen (secondary N) is 1. The molecule has 0 atom stereocenters. The lowest BCUT2D eigenvalue weighted by Gasteiger charge is -2.25. The molecule has 0 fully saturated rings. The number of benzene rings is 2. The Hall–Kier alpha value is -3.68. The summed E-state index contributed by atoms with van der Waals surface area (Å²) in [5.41, 5.74) is -0.608. The SMILES string of the molecule is CC(C)(C(=O)Nc1ccccc1F)n1nc(-c2ccc3c(c2)OCO3)ccc1=O. The van der Waals surface area contributed by atoms with Crippen LogP contribution in [0.2, 0.25) is 0 Å². The van der Waals surface area contributed by atoms with Crippen LogP contribution in [0.25, 0.3) is 11.3 Å². The van der Waals surface area contributed by atoms with E-state index < -0.39 is 22.8 Å². The van der Waals surface area contributed by atoms with Gasteiger partial charge in [-0.25, -0.2) is 9.07 Å². The highest BCUT2D eigenvalue weighted by Crippen LogP contribution is 2.35. The molecule has 0 saturated heterocycles. The van der Waals surface area contributed by atoms with E-state index in [9.17, 15) is 14.0 Å². The van der Waals surface area contributed by atoms with E-state index in [4.69, 9.17) is 9.47 Å². The summed E-state index contributed by atoms with van der Waals surface area (Å²) in [6.45, 7) is 3.23. The number of halogens is 1. The van der Waals surface area contributed by atoms with E-state index in [0.717, 1.165) is 4.68 Å². The Kier molecular flexibility index (Phi) is 4.54. The van der Waals surface area contributed by atoms with Crippen molar-refractivity contribution in [1.29, 1.82) is 0 Å². The van der Waals surface area contributed by atoms with Crippen molar-refractivity contribution in [2.45, 2.75) is 19.4 Å². The van der Waals surface area contributed by atoms with Crippen molar-refractivity contribution in [3.8, 4) is 22.8 Å². The highest BCUT2D eigenvalue weighted by atomic mass is 19.1. The van der Waals surface area contributed by atoms with E-state index in [1.54, 1.807) is 44.2 Å². The molecular weight excluding hydrogens is 377 g/mol. The number of hydrogen-bond donors (Lipinski definition) is 1. The minimum atomic E-state index is -1.37. The van der Waals surface area contributed by atoms with Gasteiger partial charge in [0.15, 0.2) is 11.5 Å². The molecule has 3 aromatic rings. The van der Waals surface area contributed by atoms with Crippen LogP contribution in [0, 0.1) is 5.82 Å². The number of carbonyl (C=O) groups excluding carboxylic acids is 1. The molecular formula is C21H18FN3O4. The Bertz CT molecular complexity index is 1160. The lowest BCUT2D eigenvalue weighted by atomic mass is 10.0. The van der Waals surface area contributed by atoms with Crippen LogP contribution in [0.1, 0.15) is 13.8 Å². The molecule has 1 aliphatic rings. The highest BCUT2D eigenvalue weighted by molar-refractivity contribution is 5.96. The molecule has 2 aromatic carbocycles. The fourth-order valence-electron chi connectivity index (χ4n) is 2.96. The Labute approximate surface area is 165 Å². The summed E-state index contributed by atoms with van der Waals surface area (Å²) in [5.74, 6) is 0.0800. The summed E-state index contributed by atoms with van der Waals surface area (Å²) in [4.78, 5) is 25.3. The van der Waals surface area contributed by atoms with Crippen LogP contribution in [0.15, 0.2) is 59.4 Å². The van der Waals surface area contributed by atoms with Crippen molar-refractivity contribution >= 4 is 11.6 Å². The standard InChI is InChI=1S/C21H18FN3O4/c1-21(2,20(27)23-16-6-4-3-5-14(16)22)25-19(26)10-8-15(24-25)13-7-9-17-18(11-13)29-12-28-17/h3-11H,12H2,1-2H3,(H,23,27). The van der Waals surface area contributed by atoms with Gasteiger partial charge in [-0.1, -0.05) is 12.1 Å². The number of hydrogen-bond acceptors (Lipinski definition) is 5. The molecule has 0 bridgehead atoms. The smallest absolute Gasteiger partial charge is 0.267 e. The van der Waals surface area contributed by atoms with Gasteiger partial charge in [0.2, 0.25) is 6.79 Å². The van der Waals surface area contributed by atoms with Crippen molar-refractivity contribution in [3.63, 3.8) is 0 Å². The first-order valence-corrected chi connectivity index (χ1v) is 8.93. The number of amides is 1. The monoisotopic (exact) mass is 395 g/mol. The van der Waals surface area contributed by atoms with Gasteiger partial charge >= 0.3 is 0 Å². The van der Waals surface area contributed by atoms with E-state index in [1.807, 2.05) is 0 Å². The van der Waals surface area contributed by atoms with Crippen LogP contribution < -0.4 is 20.3 Å². The minimum absolute atomic E-state index is 0.0329. The zero-order chi connectivity index (χ0) is 20.6. The van der Waals surface area contributed by atoms with Gasteiger partial charge in [-0.2, -0.15) is 5.10 Å². The third kappa shape index (κ3) is 3.44. The first-order valence-electron chi connectivity index (χ1n) is 8.93. The summed E-state index contributed by atoms with van der Waals surface area (Å²) in [5, 5.41) is 6.90. The number of fused-ring (bicyclic) bond motifs is 1. The Morgan fingerprint density at radius 2 is 1.86 bits per heavy atom. The van der Waals surface area contributed by atoms with Gasteiger partial charge in [0.1, 0.15) is 11.4 Å². The molecule has 1 aliphatic heterocycles. The number of ether oxygens (including phenoxy) is 2. The van der Waals surface area contributed by atoms with Crippen molar-refractivity contribution in [2.75, 3.05) is 12.1 Å². The quantitative estimate of drug-likeness (QED) is 0.734. The molecule has 2 heterocycles. The summed E-state index contributed by atoms with van der Waals surface area (Å²) < 4.78 is 25.7. The third-order valence-electron chi connectivity index (χ3n) is 4.68. The molecule has 148 valence electrons. The molecule has 0 aliphatic carbocycles. The Morgan fingerprint density at radius 3 is 2.66 bits per heavy atom. The van der Waals surface area contributed by atoms with Crippen molar-refractivity contribution in [1.82, 2.24) is 9.78 Å². The number of nitrogens with zero attached hydrogens (tertiary/aromatic N) is 2. The fourth-order valence-corrected chi connectivity index (χ4v) is 2.96. The molecule has 1 aromatic heterocycles. The zero-order valence-corrected chi connectivity index (χ0v) is 15.8. The Balaban J connectivity index is 1.68. The summed E-state index contributed by atoms with van der Waals surface area (Å²) in [7, 11) is 0. The summed E-state index contributed by atoms with van der Waals surface area (Å²) >= 11 is 0. The van der Waals surface area contributed by atoms with E-state index in [0.29, 0.717) is 22.8 Å². The van der Waals surface area contributed by atoms with Gasteiger partial charge in [-0.05, 0) is 50.2 Å². The van der Waals surface area contributed by atoms with Gasteiger partial charge in [0.25, 0.3) is 11.5 Å². The predicted molar refractivity (Wildman–Crippen MR) is 104 cm³/mol. The fraction of sp³-hybridized carbons (Fsp3) is 0.190. The van der Waals surface area contributed by atoms with Gasteiger partial charge in [0, 0.05) is 11.6 Å². The van der Waals surface area contributed by atoms with Crippen LogP contribution in [0.4, 0.5) is 10.1 Å². The molecule has 0 saturated carbocycles. The van der Waals surface area contributed by atoms with E-state index >= 15 is 0 Å². The van der Waals surface area contributed by atoms with Crippen LogP contribution in [-0.2, 0) is 10.3 Å². The first kappa shape index (κ1) is 18.7. The predicted octanol–water partition coefficient (Wildman–Crippen LogP) is 3.15. The molecule has 29 heavy (non-hydrogen) atoms. The zero-order valence-electron chi connectivity index (χ0n) is 15.8. The molecule has 0 radical (unpaired) electrons. The highest BCUT2D eigenvalue weighted by Gasteiger charge is 2.33. The van der Waals surface area contributed by atoms with Gasteiger partial charge in [0.05, 0.1) is 11.4 Å². The van der Waals surface area contributed by atoms with Gasteiger partial charge in [-0.3, -0.25) is 9.59 Å². The maximum atomic E-state index is 13.9. The maximum Gasteiger partial charge on any atom is 0.267 e. The van der Waals surface area contributed by atoms with Crippen LogP contribution in [0.5, 0.6) is 11.5 Å². The van der Waals surface area contributed by atoms with Crippen LogP contribution in [0.3, 0.4) is 0 Å². The second kappa shape index (κ2) is 7.05. The molecule has 4 rings (SSSR count). The van der Waals surface area contributed by atoms with Crippen molar-refractivity contribution in [2.24, 2.45) is 0 Å². The topological polar surface area (TPSA) is 82.5 Å². The van der Waals surface area contributed by atoms with Gasteiger partial charge < -0.3 is 14.8 Å². The van der Waals surface area contributed by atoms with E-state index in [2.05, 4.69) is 10.4 Å². The average molecular weight is 395 g/mol. The normalized spacial score (nSPS) is 12.7. The molecule has 0 unspecified atom stereocenters. The number of para-hydroxylation sites is 1. The minimum Gasteiger partial charge on any atom is -0.454 e. The van der Waals surface area contributed by atoms with Crippen molar-refractivity contribution in [3.05, 3.63) is 70.8 Å². The number of rotatable bonds is 4. The molecule has 8 heteroatoms. The first-order chi connectivity index (χ1) is 13.9. The largest absolute Gasteiger partial charge is 0.454 e. The lowest BCUT2D eigenvalue weighted by molar-refractivity contribution is -0.123. The van der Waals surface area contributed by atoms with E-state index in [1.165, 1.54) is 24.3 Å². The molecule has 0 spiro atoms. The third-order valence-corrected chi connectivity index (χ3v) is 4.68. The van der Waals surface area contributed by atoms with Crippen molar-refractivity contribution < 1.29 is 18.7 Å². The van der Waals surface area contributed by atoms with Crippen LogP contribution >= 0.6 is 0 Å². The van der Waals surface area contributed by atoms with Gasteiger partial charge in [-0.15, -0.1) is 0 Å². The van der Waals surface area contributed by atoms with E-state index in [-0.39, 0.29) is 12.5 Å². The second-order valence-corrected chi connectivity index (χ2v) is 7.03.